The minimum atomic E-state index is -0.0643. The minimum absolute atomic E-state index is 0.0643. The summed E-state index contributed by atoms with van der Waals surface area (Å²) in [6.07, 6.45) is 5.68. The molecule has 1 aliphatic rings. The lowest BCUT2D eigenvalue weighted by molar-refractivity contribution is -0.126. The average Bonchev–Trinajstić information content (AvgIpc) is 2.94. The van der Waals surface area contributed by atoms with Crippen molar-refractivity contribution in [3.05, 3.63) is 30.1 Å². The average molecular weight is 327 g/mol. The van der Waals surface area contributed by atoms with Gasteiger partial charge < -0.3 is 9.88 Å². The lowest BCUT2D eigenvalue weighted by Crippen LogP contribution is -2.35. The Hall–Kier alpha value is -1.84. The molecule has 0 saturated heterocycles. The highest BCUT2D eigenvalue weighted by Crippen LogP contribution is 2.26. The molecule has 1 aromatic heterocycles. The number of aromatic nitrogens is 2. The van der Waals surface area contributed by atoms with Gasteiger partial charge in [0.05, 0.1) is 17.1 Å². The fourth-order valence-corrected chi connectivity index (χ4v) is 3.74. The molecule has 1 unspecified atom stereocenters. The molecule has 1 aromatic carbocycles. The Bertz CT molecular complexity index is 698. The largest absolute Gasteiger partial charge is 0.346 e. The molecule has 1 aliphatic carbocycles. The third kappa shape index (κ3) is 3.63. The molecule has 0 aliphatic heterocycles. The van der Waals surface area contributed by atoms with Crippen molar-refractivity contribution in [3.63, 3.8) is 0 Å². The van der Waals surface area contributed by atoms with Gasteiger partial charge in [0.15, 0.2) is 0 Å². The number of carbonyl (C=O) groups excluding carboxylic acids is 1. The van der Waals surface area contributed by atoms with Crippen molar-refractivity contribution < 1.29 is 4.79 Å². The third-order valence-corrected chi connectivity index (χ3v) is 4.95. The lowest BCUT2D eigenvalue weighted by Gasteiger charge is -2.23. The smallest absolute Gasteiger partial charge is 0.223 e. The van der Waals surface area contributed by atoms with E-state index >= 15 is 0 Å². The van der Waals surface area contributed by atoms with E-state index in [9.17, 15) is 4.79 Å². The van der Waals surface area contributed by atoms with Gasteiger partial charge in [-0.25, -0.2) is 4.98 Å². The van der Waals surface area contributed by atoms with E-state index in [2.05, 4.69) is 42.8 Å². The summed E-state index contributed by atoms with van der Waals surface area (Å²) >= 11 is 0. The van der Waals surface area contributed by atoms with Crippen molar-refractivity contribution in [1.29, 1.82) is 0 Å². The molecule has 0 bridgehead atoms. The van der Waals surface area contributed by atoms with Crippen LogP contribution in [0.1, 0.15) is 64.7 Å². The first-order chi connectivity index (χ1) is 11.6. The second kappa shape index (κ2) is 7.37. The molecular formula is C20H29N3O. The van der Waals surface area contributed by atoms with Crippen molar-refractivity contribution in [1.82, 2.24) is 14.9 Å². The highest BCUT2D eigenvalue weighted by atomic mass is 16.1. The Morgan fingerprint density at radius 1 is 1.21 bits per heavy atom. The summed E-state index contributed by atoms with van der Waals surface area (Å²) in [5.74, 6) is 1.88. The summed E-state index contributed by atoms with van der Waals surface area (Å²) in [6.45, 7) is 7.39. The number of amides is 1. The molecule has 1 amide bonds. The van der Waals surface area contributed by atoms with E-state index in [0.717, 1.165) is 36.2 Å². The van der Waals surface area contributed by atoms with Crippen LogP contribution in [0.25, 0.3) is 11.0 Å². The topological polar surface area (TPSA) is 46.9 Å². The number of nitrogens with zero attached hydrogens (tertiary/aromatic N) is 2. The lowest BCUT2D eigenvalue weighted by atomic mass is 9.88. The Balaban J connectivity index is 1.83. The van der Waals surface area contributed by atoms with Gasteiger partial charge in [-0.15, -0.1) is 0 Å². The van der Waals surface area contributed by atoms with Gasteiger partial charge >= 0.3 is 0 Å². The van der Waals surface area contributed by atoms with Crippen molar-refractivity contribution in [2.45, 2.75) is 65.5 Å². The molecule has 4 nitrogen and oxygen atoms in total. The molecule has 1 heterocycles. The summed E-state index contributed by atoms with van der Waals surface area (Å²) in [5.41, 5.74) is 2.16. The normalized spacial score (nSPS) is 17.3. The van der Waals surface area contributed by atoms with Gasteiger partial charge in [-0.05, 0) is 37.8 Å². The molecule has 130 valence electrons. The molecule has 1 atom stereocenters. The highest BCUT2D eigenvalue weighted by Gasteiger charge is 2.24. The minimum Gasteiger partial charge on any atom is -0.346 e. The standard InChI is InChI=1S/C20H29N3O/c1-14(2)13-23-18-12-8-7-11-17(18)22-19(23)15(3)21-20(24)16-9-5-4-6-10-16/h7-8,11-12,14-16H,4-6,9-10,13H2,1-3H3,(H,21,24). The molecule has 3 rings (SSSR count). The van der Waals surface area contributed by atoms with Crippen LogP contribution in [-0.2, 0) is 11.3 Å². The van der Waals surface area contributed by atoms with Crippen LogP contribution in [0.2, 0.25) is 0 Å². The van der Waals surface area contributed by atoms with E-state index in [0.29, 0.717) is 5.92 Å². The molecule has 0 spiro atoms. The molecular weight excluding hydrogens is 298 g/mol. The van der Waals surface area contributed by atoms with Gasteiger partial charge in [0.2, 0.25) is 5.91 Å². The van der Waals surface area contributed by atoms with Gasteiger partial charge in [0.25, 0.3) is 0 Å². The number of carbonyl (C=O) groups is 1. The highest BCUT2D eigenvalue weighted by molar-refractivity contribution is 5.80. The van der Waals surface area contributed by atoms with E-state index in [1.54, 1.807) is 0 Å². The summed E-state index contributed by atoms with van der Waals surface area (Å²) in [5, 5.41) is 3.22. The van der Waals surface area contributed by atoms with Crippen LogP contribution in [-0.4, -0.2) is 15.5 Å². The summed E-state index contributed by atoms with van der Waals surface area (Å²) in [4.78, 5) is 17.4. The predicted molar refractivity (Wildman–Crippen MR) is 97.7 cm³/mol. The van der Waals surface area contributed by atoms with Crippen LogP contribution in [0.5, 0.6) is 0 Å². The summed E-state index contributed by atoms with van der Waals surface area (Å²) in [6, 6.07) is 8.17. The second-order valence-electron chi connectivity index (χ2n) is 7.53. The van der Waals surface area contributed by atoms with Crippen LogP contribution >= 0.6 is 0 Å². The summed E-state index contributed by atoms with van der Waals surface area (Å²) < 4.78 is 2.27. The first-order valence-electron chi connectivity index (χ1n) is 9.31. The van der Waals surface area contributed by atoms with Crippen molar-refractivity contribution in [2.75, 3.05) is 0 Å². The number of nitrogens with one attached hydrogen (secondary N) is 1. The van der Waals surface area contributed by atoms with Crippen molar-refractivity contribution in [3.8, 4) is 0 Å². The van der Waals surface area contributed by atoms with E-state index in [-0.39, 0.29) is 17.9 Å². The number of imidazole rings is 1. The maximum absolute atomic E-state index is 12.6. The second-order valence-corrected chi connectivity index (χ2v) is 7.53. The molecule has 0 radical (unpaired) electrons. The Labute approximate surface area is 144 Å². The van der Waals surface area contributed by atoms with Gasteiger partial charge in [-0.2, -0.15) is 0 Å². The number of fused-ring (bicyclic) bond motifs is 1. The Kier molecular flexibility index (Phi) is 5.22. The maximum atomic E-state index is 12.6. The van der Waals surface area contributed by atoms with E-state index in [1.165, 1.54) is 19.3 Å². The maximum Gasteiger partial charge on any atom is 0.223 e. The van der Waals surface area contributed by atoms with Crippen molar-refractivity contribution in [2.24, 2.45) is 11.8 Å². The predicted octanol–water partition coefficient (Wildman–Crippen LogP) is 4.45. The van der Waals surface area contributed by atoms with E-state index < -0.39 is 0 Å². The first kappa shape index (κ1) is 17.0. The van der Waals surface area contributed by atoms with Gasteiger partial charge in [0.1, 0.15) is 5.82 Å². The van der Waals surface area contributed by atoms with Crippen LogP contribution in [0.15, 0.2) is 24.3 Å². The quantitative estimate of drug-likeness (QED) is 0.882. The fraction of sp³-hybridized carbons (Fsp3) is 0.600. The number of hydrogen-bond acceptors (Lipinski definition) is 2. The molecule has 24 heavy (non-hydrogen) atoms. The summed E-state index contributed by atoms with van der Waals surface area (Å²) in [7, 11) is 0. The number of para-hydroxylation sites is 2. The zero-order valence-electron chi connectivity index (χ0n) is 15.1. The Morgan fingerprint density at radius 3 is 2.62 bits per heavy atom. The molecule has 4 heteroatoms. The number of benzene rings is 1. The van der Waals surface area contributed by atoms with Gasteiger partial charge in [-0.3, -0.25) is 4.79 Å². The third-order valence-electron chi connectivity index (χ3n) is 4.95. The van der Waals surface area contributed by atoms with E-state index in [4.69, 9.17) is 4.98 Å². The molecule has 2 aromatic rings. The number of rotatable bonds is 5. The zero-order chi connectivity index (χ0) is 17.1. The van der Waals surface area contributed by atoms with E-state index in [1.807, 2.05) is 12.1 Å². The molecule has 1 saturated carbocycles. The number of hydrogen-bond donors (Lipinski definition) is 1. The van der Waals surface area contributed by atoms with Crippen molar-refractivity contribution >= 4 is 16.9 Å². The van der Waals surface area contributed by atoms with Gasteiger partial charge in [0, 0.05) is 12.5 Å². The van der Waals surface area contributed by atoms with Crippen LogP contribution in [0.4, 0.5) is 0 Å². The molecule has 1 fully saturated rings. The Morgan fingerprint density at radius 2 is 1.92 bits per heavy atom. The first-order valence-corrected chi connectivity index (χ1v) is 9.31. The monoisotopic (exact) mass is 327 g/mol. The van der Waals surface area contributed by atoms with Crippen LogP contribution in [0.3, 0.4) is 0 Å². The van der Waals surface area contributed by atoms with Gasteiger partial charge in [-0.1, -0.05) is 45.2 Å². The van der Waals surface area contributed by atoms with Crippen LogP contribution < -0.4 is 5.32 Å². The van der Waals surface area contributed by atoms with Crippen LogP contribution in [0, 0.1) is 11.8 Å². The molecule has 1 N–H and O–H groups in total. The zero-order valence-corrected chi connectivity index (χ0v) is 15.1. The fourth-order valence-electron chi connectivity index (χ4n) is 3.74. The SMILES string of the molecule is CC(C)Cn1c(C(C)NC(=O)C2CCCCC2)nc2ccccc21.